The van der Waals surface area contributed by atoms with E-state index in [0.29, 0.717) is 95.4 Å². The molecule has 0 radical (unpaired) electrons. The SMILES string of the molecule is C#Cc1c(F)ccc2cc(O)cc(-c3ccc4c(N5CCOCC(C)(O)C5)nc(OC)nc4c3F)c12.C#Cc1c(F)ccc2cc(O)cc(-c3ccc4c(N5CCOCC(O)C5)nc(OC)nc4c3F)c12.FC1CC2CCCN2C1.FC1CC2CCCN2C1. The highest BCUT2D eigenvalue weighted by atomic mass is 19.2. The van der Waals surface area contributed by atoms with Gasteiger partial charge in [0.15, 0.2) is 11.6 Å². The van der Waals surface area contributed by atoms with Gasteiger partial charge in [-0.3, -0.25) is 9.80 Å². The Morgan fingerprint density at radius 3 is 1.55 bits per heavy atom. The number of aliphatic hydroxyl groups excluding tert-OH is 1. The van der Waals surface area contributed by atoms with Gasteiger partial charge in [-0.25, -0.2) is 26.3 Å². The van der Waals surface area contributed by atoms with Crippen molar-refractivity contribution in [1.29, 1.82) is 0 Å². The van der Waals surface area contributed by atoms with Crippen molar-refractivity contribution in [3.05, 3.63) is 107 Å². The number of aliphatic hydroxyl groups is 2. The van der Waals surface area contributed by atoms with Crippen LogP contribution in [0.3, 0.4) is 0 Å². The lowest BCUT2D eigenvalue weighted by atomic mass is 9.93. The number of anilines is 2. The maximum atomic E-state index is 16.2. The third-order valence-electron chi connectivity index (χ3n) is 17.1. The Balaban J connectivity index is 0.000000142. The summed E-state index contributed by atoms with van der Waals surface area (Å²) in [4.78, 5) is 25.5. The Hall–Kier alpha value is -8.22. The highest BCUT2D eigenvalue weighted by Gasteiger charge is 2.36. The Morgan fingerprint density at radius 1 is 0.607 bits per heavy atom. The van der Waals surface area contributed by atoms with E-state index in [-0.39, 0.29) is 94.2 Å². The van der Waals surface area contributed by atoms with Crippen molar-refractivity contribution >= 4 is 55.0 Å². The van der Waals surface area contributed by atoms with E-state index in [4.69, 9.17) is 31.8 Å². The second-order valence-electron chi connectivity index (χ2n) is 23.4. The number of terminal acetylenes is 2. The largest absolute Gasteiger partial charge is 0.508 e. The number of benzene rings is 6. The van der Waals surface area contributed by atoms with Crippen molar-refractivity contribution in [1.82, 2.24) is 29.7 Å². The summed E-state index contributed by atoms with van der Waals surface area (Å²) in [6.07, 6.45) is 16.0. The zero-order valence-electron chi connectivity index (χ0n) is 49.5. The van der Waals surface area contributed by atoms with Crippen molar-refractivity contribution < 1.29 is 65.7 Å². The number of methoxy groups -OCH3 is 2. The third kappa shape index (κ3) is 13.1. The molecule has 0 saturated carbocycles. The molecule has 0 amide bonds. The fourth-order valence-corrected chi connectivity index (χ4v) is 13.1. The highest BCUT2D eigenvalue weighted by Crippen LogP contribution is 2.43. The van der Waals surface area contributed by atoms with Crippen LogP contribution in [0.15, 0.2) is 72.8 Å². The second-order valence-corrected chi connectivity index (χ2v) is 23.4. The van der Waals surface area contributed by atoms with E-state index < -0.39 is 47.3 Å². The zero-order chi connectivity index (χ0) is 62.8. The van der Waals surface area contributed by atoms with Gasteiger partial charge in [0.25, 0.3) is 0 Å². The van der Waals surface area contributed by atoms with Crippen LogP contribution in [0.4, 0.5) is 38.0 Å². The van der Waals surface area contributed by atoms with Crippen molar-refractivity contribution in [3.63, 3.8) is 0 Å². The molecule has 89 heavy (non-hydrogen) atoms. The summed E-state index contributed by atoms with van der Waals surface area (Å²) < 4.78 is 108. The molecule has 22 heteroatoms. The third-order valence-corrected chi connectivity index (χ3v) is 17.1. The molecule has 8 aromatic rings. The molecule has 4 N–H and O–H groups in total. The molecule has 2 aromatic heterocycles. The van der Waals surface area contributed by atoms with E-state index in [1.165, 1.54) is 101 Å². The normalized spacial score (nSPS) is 22.6. The number of hydrogen-bond donors (Lipinski definition) is 4. The van der Waals surface area contributed by atoms with Crippen LogP contribution in [-0.4, -0.2) is 179 Å². The zero-order valence-corrected chi connectivity index (χ0v) is 49.5. The van der Waals surface area contributed by atoms with E-state index in [2.05, 4.69) is 41.6 Å². The van der Waals surface area contributed by atoms with Gasteiger partial charge in [0.2, 0.25) is 0 Å². The minimum Gasteiger partial charge on any atom is -0.508 e. The average molecular weight is 1230 g/mol. The van der Waals surface area contributed by atoms with Gasteiger partial charge in [0, 0.05) is 77.5 Å². The Labute approximate surface area is 510 Å². The summed E-state index contributed by atoms with van der Waals surface area (Å²) in [7, 11) is 2.75. The molecule has 8 heterocycles. The molecule has 0 aliphatic carbocycles. The highest BCUT2D eigenvalue weighted by molar-refractivity contribution is 6.05. The molecule has 14 rings (SSSR count). The fraction of sp³-hybridized carbons (Fsp3) is 0.403. The van der Waals surface area contributed by atoms with Crippen molar-refractivity contribution in [2.24, 2.45) is 0 Å². The van der Waals surface area contributed by atoms with Gasteiger partial charge < -0.3 is 49.2 Å². The number of hydrogen-bond acceptors (Lipinski definition) is 16. The Kier molecular flexibility index (Phi) is 18.6. The monoisotopic (exact) mass is 1230 g/mol. The number of phenolic OH excluding ortho intramolecular Hbond substituents is 2. The first-order valence-electron chi connectivity index (χ1n) is 29.6. The van der Waals surface area contributed by atoms with Gasteiger partial charge in [-0.2, -0.15) is 19.9 Å². The number of fused-ring (bicyclic) bond motifs is 6. The van der Waals surface area contributed by atoms with Crippen molar-refractivity contribution in [2.45, 2.75) is 81.6 Å². The Bertz CT molecular complexity index is 4000. The molecular weight excluding hydrogens is 1160 g/mol. The molecule has 6 saturated heterocycles. The van der Waals surface area contributed by atoms with Crippen LogP contribution in [0.5, 0.6) is 23.5 Å². The average Bonchev–Trinajstić information content (AvgIpc) is 1.62. The van der Waals surface area contributed by atoms with Crippen LogP contribution in [0, 0.1) is 48.0 Å². The minimum atomic E-state index is -1.14. The van der Waals surface area contributed by atoms with Gasteiger partial charge >= 0.3 is 12.0 Å². The van der Waals surface area contributed by atoms with Crippen LogP contribution in [0.25, 0.3) is 65.6 Å². The standard InChI is InChI=1S/C27H23F2N3O4.C26H21F2N3O4.2C7H12FN/c1-4-17-21(28)8-5-15-11-16(33)12-20(22(15)17)18-6-7-19-24(23(18)29)30-26(35-3)31-25(19)32-9-10-36-14-27(2,34)13-32;1-3-17-21(27)7-4-14-10-15(32)11-20(22(14)17)18-5-6-19-24(23(18)28)29-26(34-2)30-25(19)31-8-9-35-13-16(33)12-31;2*8-6-4-7-2-1-3-9(7)5-6/h1,5-8,11-12,33-34H,9-10,13-14H2,2-3H3;1,4-7,10-11,16,32-33H,8-9,12-13H2,2H3;2*6-7H,1-5H2. The van der Waals surface area contributed by atoms with Gasteiger partial charge in [-0.1, -0.05) is 36.1 Å². The number of aromatic hydroxyl groups is 2. The molecular formula is C67H68F6N8O8. The number of ether oxygens (including phenoxy) is 4. The van der Waals surface area contributed by atoms with E-state index in [1.807, 2.05) is 0 Å². The van der Waals surface area contributed by atoms with Crippen LogP contribution in [0.2, 0.25) is 0 Å². The van der Waals surface area contributed by atoms with Gasteiger partial charge in [-0.05, 0) is 129 Å². The van der Waals surface area contributed by atoms with E-state index >= 15 is 8.78 Å². The number of rotatable bonds is 6. The summed E-state index contributed by atoms with van der Waals surface area (Å²) >= 11 is 0. The predicted molar refractivity (Wildman–Crippen MR) is 328 cm³/mol. The van der Waals surface area contributed by atoms with Gasteiger partial charge in [0.1, 0.15) is 63.7 Å². The van der Waals surface area contributed by atoms with Crippen molar-refractivity contribution in [2.75, 3.05) is 103 Å². The molecule has 6 aliphatic heterocycles. The Morgan fingerprint density at radius 2 is 1.08 bits per heavy atom. The van der Waals surface area contributed by atoms with Crippen LogP contribution < -0.4 is 19.3 Å². The second kappa shape index (κ2) is 26.5. The maximum Gasteiger partial charge on any atom is 0.318 e. The molecule has 6 unspecified atom stereocenters. The maximum absolute atomic E-state index is 16.2. The molecule has 0 bridgehead atoms. The molecule has 6 fully saturated rings. The van der Waals surface area contributed by atoms with Gasteiger partial charge in [-0.15, -0.1) is 12.8 Å². The summed E-state index contributed by atoms with van der Waals surface area (Å²) in [5.41, 5.74) is -0.670. The van der Waals surface area contributed by atoms with Crippen LogP contribution >= 0.6 is 0 Å². The molecule has 0 spiro atoms. The number of nitrogens with zero attached hydrogens (tertiary/aromatic N) is 8. The summed E-state index contributed by atoms with van der Waals surface area (Å²) in [6.45, 7) is 7.70. The number of aromatic nitrogens is 4. The lowest BCUT2D eigenvalue weighted by Gasteiger charge is -2.29. The van der Waals surface area contributed by atoms with Crippen molar-refractivity contribution in [3.8, 4) is 70.5 Å². The predicted octanol–water partition coefficient (Wildman–Crippen LogP) is 10.0. The lowest BCUT2D eigenvalue weighted by molar-refractivity contribution is -0.0123. The first-order valence-corrected chi connectivity index (χ1v) is 29.6. The summed E-state index contributed by atoms with van der Waals surface area (Å²) in [6, 6.07) is 18.4. The van der Waals surface area contributed by atoms with E-state index in [9.17, 15) is 38.0 Å². The summed E-state index contributed by atoms with van der Waals surface area (Å²) in [5.74, 6) is 2.52. The van der Waals surface area contributed by atoms with E-state index in [0.717, 1.165) is 25.9 Å². The minimum absolute atomic E-state index is 0.0286. The fourth-order valence-electron chi connectivity index (χ4n) is 13.1. The smallest absolute Gasteiger partial charge is 0.318 e. The topological polar surface area (TPSA) is 182 Å². The quantitative estimate of drug-likeness (QED) is 0.0911. The number of halogens is 6. The van der Waals surface area contributed by atoms with E-state index in [1.54, 1.807) is 28.9 Å². The number of β-amino-alcohol motifs (C(OH)–C–C–N with tert-alkyl or cyclic N) is 2. The van der Waals surface area contributed by atoms with Crippen LogP contribution in [-0.2, 0) is 9.47 Å². The molecule has 6 aromatic carbocycles. The molecule has 466 valence electrons. The molecule has 6 atom stereocenters. The first kappa shape index (κ1) is 62.4. The lowest BCUT2D eigenvalue weighted by Crippen LogP contribution is -2.42. The molecule has 6 aliphatic rings. The molecule has 16 nitrogen and oxygen atoms in total. The number of phenols is 2. The van der Waals surface area contributed by atoms with Crippen LogP contribution in [0.1, 0.15) is 56.6 Å². The van der Waals surface area contributed by atoms with Gasteiger partial charge in [0.05, 0.1) is 64.4 Å². The first-order chi connectivity index (χ1) is 42.8. The summed E-state index contributed by atoms with van der Waals surface area (Å²) in [5, 5.41) is 43.8. The number of alkyl halides is 2.